The number of urea groups is 1. The highest BCUT2D eigenvalue weighted by molar-refractivity contribution is 7.17. The van der Waals surface area contributed by atoms with Gasteiger partial charge in [-0.05, 0) is 30.3 Å². The van der Waals surface area contributed by atoms with Crippen molar-refractivity contribution in [2.45, 2.75) is 12.6 Å². The summed E-state index contributed by atoms with van der Waals surface area (Å²) in [4.78, 5) is 44.4. The van der Waals surface area contributed by atoms with E-state index in [1.54, 1.807) is 36.5 Å². The minimum atomic E-state index is -0.465. The number of nitrogens with one attached hydrogen (secondary N) is 5. The first-order valence-corrected chi connectivity index (χ1v) is 13.3. The average Bonchev–Trinajstić information content (AvgIpc) is 3.67. The molecule has 1 atom stereocenters. The van der Waals surface area contributed by atoms with Crippen LogP contribution < -0.4 is 21.3 Å². The third-order valence-electron chi connectivity index (χ3n) is 6.48. The van der Waals surface area contributed by atoms with Gasteiger partial charge in [-0.1, -0.05) is 18.2 Å². The summed E-state index contributed by atoms with van der Waals surface area (Å²) in [6.07, 6.45) is 1.90. The zero-order chi connectivity index (χ0) is 26.8. The van der Waals surface area contributed by atoms with E-state index in [0.29, 0.717) is 69.6 Å². The summed E-state index contributed by atoms with van der Waals surface area (Å²) in [7, 11) is 0. The van der Waals surface area contributed by atoms with Gasteiger partial charge in [0.1, 0.15) is 11.9 Å². The summed E-state index contributed by atoms with van der Waals surface area (Å²) in [5.74, 6) is -0.437. The Bertz CT molecular complexity index is 1540. The minimum absolute atomic E-state index is 0.192. The van der Waals surface area contributed by atoms with Gasteiger partial charge in [0.2, 0.25) is 0 Å². The molecule has 1 aromatic carbocycles. The third kappa shape index (κ3) is 5.04. The average molecular weight is 544 g/mol. The normalized spacial score (nSPS) is 15.9. The number of H-pyrrole nitrogens is 1. The molecule has 0 bridgehead atoms. The first kappa shape index (κ1) is 24.9. The number of hydrogen-bond acceptors (Lipinski definition) is 8. The molecule has 4 heterocycles. The number of carbonyl (C=O) groups excluding carboxylic acids is 3. The topological polar surface area (TPSA) is 150 Å². The Labute approximate surface area is 227 Å². The number of amides is 3. The van der Waals surface area contributed by atoms with E-state index in [1.165, 1.54) is 11.3 Å². The SMILES string of the molecule is O=C(Nc1cccc2c1C(=O)c1c-2n[nH]c1-c1ccc(C(=O)NCCc2ccccn2)s1)NC1CNCCO1. The quantitative estimate of drug-likeness (QED) is 0.212. The third-order valence-corrected chi connectivity index (χ3v) is 7.58. The molecular weight excluding hydrogens is 518 g/mol. The number of aromatic amines is 1. The number of hydrogen-bond donors (Lipinski definition) is 5. The number of pyridine rings is 1. The second kappa shape index (κ2) is 10.8. The van der Waals surface area contributed by atoms with Crippen molar-refractivity contribution in [1.29, 1.82) is 0 Å². The van der Waals surface area contributed by atoms with Crippen LogP contribution in [0.1, 0.15) is 31.3 Å². The maximum absolute atomic E-state index is 13.6. The molecule has 0 radical (unpaired) electrons. The van der Waals surface area contributed by atoms with Crippen LogP contribution in [0.4, 0.5) is 10.5 Å². The van der Waals surface area contributed by atoms with Gasteiger partial charge in [-0.3, -0.25) is 19.7 Å². The smallest absolute Gasteiger partial charge is 0.321 e. The number of ketones is 1. The van der Waals surface area contributed by atoms with E-state index >= 15 is 0 Å². The number of carbonyl (C=O) groups is 3. The van der Waals surface area contributed by atoms with Crippen LogP contribution in [0, 0.1) is 0 Å². The predicted octanol–water partition coefficient (Wildman–Crippen LogP) is 2.78. The van der Waals surface area contributed by atoms with Crippen LogP contribution in [-0.4, -0.2) is 65.4 Å². The number of benzene rings is 1. The molecule has 1 fully saturated rings. The fourth-order valence-electron chi connectivity index (χ4n) is 4.65. The number of aromatic nitrogens is 3. The number of fused-ring (bicyclic) bond motifs is 3. The summed E-state index contributed by atoms with van der Waals surface area (Å²) >= 11 is 1.28. The largest absolute Gasteiger partial charge is 0.356 e. The van der Waals surface area contributed by atoms with Crippen molar-refractivity contribution in [2.75, 3.05) is 31.6 Å². The Balaban J connectivity index is 1.16. The first-order valence-electron chi connectivity index (χ1n) is 12.5. The van der Waals surface area contributed by atoms with Crippen LogP contribution in [0.15, 0.2) is 54.7 Å². The molecule has 6 rings (SSSR count). The fourth-order valence-corrected chi connectivity index (χ4v) is 5.58. The van der Waals surface area contributed by atoms with Crippen LogP contribution in [-0.2, 0) is 11.2 Å². The lowest BCUT2D eigenvalue weighted by molar-refractivity contribution is 0.0156. The summed E-state index contributed by atoms with van der Waals surface area (Å²) in [6.45, 7) is 2.20. The van der Waals surface area contributed by atoms with Gasteiger partial charge in [-0.15, -0.1) is 11.3 Å². The second-order valence-corrected chi connectivity index (χ2v) is 10.1. The van der Waals surface area contributed by atoms with Crippen LogP contribution in [0.3, 0.4) is 0 Å². The highest BCUT2D eigenvalue weighted by Gasteiger charge is 2.35. The fraction of sp³-hybridized carbons (Fsp3) is 0.222. The van der Waals surface area contributed by atoms with E-state index in [4.69, 9.17) is 4.74 Å². The molecule has 3 aromatic heterocycles. The van der Waals surface area contributed by atoms with E-state index in [0.717, 1.165) is 12.2 Å². The van der Waals surface area contributed by atoms with Crippen LogP contribution >= 0.6 is 11.3 Å². The Morgan fingerprint density at radius 2 is 2.03 bits per heavy atom. The van der Waals surface area contributed by atoms with Gasteiger partial charge < -0.3 is 26.0 Å². The lowest BCUT2D eigenvalue weighted by atomic mass is 10.1. The van der Waals surface area contributed by atoms with Gasteiger partial charge in [0.05, 0.1) is 38.9 Å². The van der Waals surface area contributed by atoms with Gasteiger partial charge >= 0.3 is 6.03 Å². The molecule has 1 unspecified atom stereocenters. The van der Waals surface area contributed by atoms with Crippen molar-refractivity contribution in [1.82, 2.24) is 31.1 Å². The molecule has 2 aliphatic rings. The molecular formula is C27H25N7O4S. The van der Waals surface area contributed by atoms with E-state index in [9.17, 15) is 14.4 Å². The summed E-state index contributed by atoms with van der Waals surface area (Å²) in [5.41, 5.74) is 3.79. The van der Waals surface area contributed by atoms with Crippen LogP contribution in [0.5, 0.6) is 0 Å². The van der Waals surface area contributed by atoms with Crippen molar-refractivity contribution < 1.29 is 19.1 Å². The highest BCUT2D eigenvalue weighted by atomic mass is 32.1. The molecule has 5 N–H and O–H groups in total. The molecule has 0 spiro atoms. The van der Waals surface area contributed by atoms with E-state index in [-0.39, 0.29) is 11.7 Å². The van der Waals surface area contributed by atoms with Crippen molar-refractivity contribution in [2.24, 2.45) is 0 Å². The Hall–Kier alpha value is -4.39. The number of thiophene rings is 1. The van der Waals surface area contributed by atoms with Crippen molar-refractivity contribution in [3.8, 4) is 21.8 Å². The monoisotopic (exact) mass is 543 g/mol. The van der Waals surface area contributed by atoms with Gasteiger partial charge in [0.15, 0.2) is 5.78 Å². The zero-order valence-electron chi connectivity index (χ0n) is 20.7. The lowest BCUT2D eigenvalue weighted by Crippen LogP contribution is -2.50. The molecule has 1 aliphatic carbocycles. The zero-order valence-corrected chi connectivity index (χ0v) is 21.6. The van der Waals surface area contributed by atoms with Crippen molar-refractivity contribution in [3.63, 3.8) is 0 Å². The maximum atomic E-state index is 13.6. The number of morpholine rings is 1. The lowest BCUT2D eigenvalue weighted by Gasteiger charge is -2.24. The molecule has 198 valence electrons. The second-order valence-electron chi connectivity index (χ2n) is 9.03. The first-order chi connectivity index (χ1) is 19.1. The Morgan fingerprint density at radius 3 is 2.85 bits per heavy atom. The van der Waals surface area contributed by atoms with Gasteiger partial charge in [0, 0.05) is 43.5 Å². The van der Waals surface area contributed by atoms with Gasteiger partial charge in [-0.25, -0.2) is 4.79 Å². The number of ether oxygens (including phenoxy) is 1. The standard InChI is InChI=1S/C27H25N7O4S/c35-25-21-16(5-3-6-17(21)31-27(37)32-20-14-28-12-13-38-20)23-22(25)24(34-33-23)18-7-8-19(39-18)26(36)30-11-9-15-4-1-2-10-29-15/h1-8,10,20,28H,9,11-14H2,(H,30,36)(H,33,34)(H2,31,32,37). The summed E-state index contributed by atoms with van der Waals surface area (Å²) < 4.78 is 5.52. The highest BCUT2D eigenvalue weighted by Crippen LogP contribution is 2.44. The van der Waals surface area contributed by atoms with Crippen molar-refractivity contribution in [3.05, 3.63) is 76.4 Å². The molecule has 1 aliphatic heterocycles. The number of anilines is 1. The van der Waals surface area contributed by atoms with E-state index in [2.05, 4.69) is 36.4 Å². The molecule has 1 saturated heterocycles. The molecule has 11 nitrogen and oxygen atoms in total. The summed E-state index contributed by atoms with van der Waals surface area (Å²) in [5, 5.41) is 19.0. The predicted molar refractivity (Wildman–Crippen MR) is 146 cm³/mol. The van der Waals surface area contributed by atoms with Gasteiger partial charge in [0.25, 0.3) is 5.91 Å². The summed E-state index contributed by atoms with van der Waals surface area (Å²) in [6, 6.07) is 14.0. The van der Waals surface area contributed by atoms with E-state index < -0.39 is 12.3 Å². The van der Waals surface area contributed by atoms with Crippen LogP contribution in [0.2, 0.25) is 0 Å². The Kier molecular flexibility index (Phi) is 6.88. The maximum Gasteiger partial charge on any atom is 0.321 e. The molecule has 0 saturated carbocycles. The van der Waals surface area contributed by atoms with Crippen molar-refractivity contribution >= 4 is 34.7 Å². The molecule has 4 aromatic rings. The van der Waals surface area contributed by atoms with Crippen LogP contribution in [0.25, 0.3) is 21.8 Å². The minimum Gasteiger partial charge on any atom is -0.356 e. The molecule has 12 heteroatoms. The molecule has 39 heavy (non-hydrogen) atoms. The van der Waals surface area contributed by atoms with E-state index in [1.807, 2.05) is 18.2 Å². The number of rotatable bonds is 7. The number of nitrogens with zero attached hydrogens (tertiary/aromatic N) is 2. The van der Waals surface area contributed by atoms with Gasteiger partial charge in [-0.2, -0.15) is 5.10 Å². The molecule has 3 amide bonds. The Morgan fingerprint density at radius 1 is 1.10 bits per heavy atom.